The Morgan fingerprint density at radius 3 is 2.76 bits per heavy atom. The van der Waals surface area contributed by atoms with Crippen LogP contribution in [0, 0.1) is 0 Å². The van der Waals surface area contributed by atoms with Crippen molar-refractivity contribution in [3.05, 3.63) is 71.9 Å². The van der Waals surface area contributed by atoms with Gasteiger partial charge in [-0.2, -0.15) is 5.10 Å². The van der Waals surface area contributed by atoms with E-state index in [1.165, 1.54) is 6.33 Å². The Kier molecular flexibility index (Phi) is 4.10. The summed E-state index contributed by atoms with van der Waals surface area (Å²) in [6.07, 6.45) is 3.17. The first-order valence-electron chi connectivity index (χ1n) is 7.67. The molecule has 25 heavy (non-hydrogen) atoms. The number of nitrogens with zero attached hydrogens (tertiary/aromatic N) is 3. The number of fused-ring (bicyclic) bond motifs is 1. The van der Waals surface area contributed by atoms with E-state index in [9.17, 15) is 5.11 Å². The Morgan fingerprint density at radius 2 is 1.92 bits per heavy atom. The van der Waals surface area contributed by atoms with Crippen molar-refractivity contribution in [2.24, 2.45) is 5.10 Å². The number of aromatic nitrogens is 2. The Hall–Kier alpha value is -3.25. The van der Waals surface area contributed by atoms with Crippen LogP contribution in [0.15, 0.2) is 71.4 Å². The number of hydrogen-bond acceptors (Lipinski definition) is 6. The van der Waals surface area contributed by atoms with Gasteiger partial charge in [0.25, 0.3) is 0 Å². The van der Waals surface area contributed by atoms with Crippen LogP contribution in [-0.4, -0.2) is 21.3 Å². The molecule has 0 saturated heterocycles. The van der Waals surface area contributed by atoms with Crippen molar-refractivity contribution >= 4 is 33.6 Å². The summed E-state index contributed by atoms with van der Waals surface area (Å²) >= 11 is 1.58. The molecule has 4 aromatic rings. The van der Waals surface area contributed by atoms with Crippen LogP contribution in [0.2, 0.25) is 0 Å². The van der Waals surface area contributed by atoms with Crippen molar-refractivity contribution in [1.82, 2.24) is 9.97 Å². The number of nitrogens with one attached hydrogen (secondary N) is 1. The predicted molar refractivity (Wildman–Crippen MR) is 102 cm³/mol. The third kappa shape index (κ3) is 3.20. The maximum atomic E-state index is 9.50. The second-order valence-electron chi connectivity index (χ2n) is 5.38. The van der Waals surface area contributed by atoms with Crippen molar-refractivity contribution in [2.75, 3.05) is 5.43 Å². The predicted octanol–water partition coefficient (Wildman–Crippen LogP) is 4.51. The number of rotatable bonds is 4. The Bertz CT molecular complexity index is 1040. The SMILES string of the molecule is Oc1cccc(/C=N/Nc2ncnc3scc(-c4ccccc4)c23)c1. The molecule has 0 aliphatic rings. The first kappa shape index (κ1) is 15.3. The van der Waals surface area contributed by atoms with E-state index in [0.29, 0.717) is 5.82 Å². The Morgan fingerprint density at radius 1 is 1.04 bits per heavy atom. The highest BCUT2D eigenvalue weighted by molar-refractivity contribution is 7.17. The molecule has 2 aromatic carbocycles. The quantitative estimate of drug-likeness (QED) is 0.421. The van der Waals surface area contributed by atoms with Gasteiger partial charge in [0.2, 0.25) is 0 Å². The first-order valence-corrected chi connectivity index (χ1v) is 8.55. The van der Waals surface area contributed by atoms with Gasteiger partial charge in [0, 0.05) is 10.9 Å². The number of thiophene rings is 1. The molecule has 0 unspecified atom stereocenters. The summed E-state index contributed by atoms with van der Waals surface area (Å²) in [7, 11) is 0. The summed E-state index contributed by atoms with van der Waals surface area (Å²) in [5, 5.41) is 16.8. The zero-order chi connectivity index (χ0) is 17.1. The van der Waals surface area contributed by atoms with Crippen LogP contribution in [0.25, 0.3) is 21.3 Å². The number of aromatic hydroxyl groups is 1. The molecule has 2 aromatic heterocycles. The summed E-state index contributed by atoms with van der Waals surface area (Å²) in [6.45, 7) is 0. The zero-order valence-corrected chi connectivity index (χ0v) is 13.9. The minimum absolute atomic E-state index is 0.206. The Balaban J connectivity index is 1.69. The molecule has 122 valence electrons. The molecule has 0 atom stereocenters. The maximum Gasteiger partial charge on any atom is 0.159 e. The van der Waals surface area contributed by atoms with Crippen molar-refractivity contribution in [2.45, 2.75) is 0 Å². The lowest BCUT2D eigenvalue weighted by molar-refractivity contribution is 0.475. The molecule has 0 bridgehead atoms. The molecule has 5 nitrogen and oxygen atoms in total. The smallest absolute Gasteiger partial charge is 0.159 e. The summed E-state index contributed by atoms with van der Waals surface area (Å²) in [6, 6.07) is 17.0. The monoisotopic (exact) mass is 346 g/mol. The molecular weight excluding hydrogens is 332 g/mol. The average molecular weight is 346 g/mol. The number of benzene rings is 2. The van der Waals surface area contributed by atoms with Gasteiger partial charge in [-0.05, 0) is 23.3 Å². The van der Waals surface area contributed by atoms with Crippen molar-refractivity contribution in [1.29, 1.82) is 0 Å². The number of hydrogen-bond donors (Lipinski definition) is 2. The van der Waals surface area contributed by atoms with Gasteiger partial charge in [-0.3, -0.25) is 5.43 Å². The van der Waals surface area contributed by atoms with E-state index in [2.05, 4.69) is 38.0 Å². The first-order chi connectivity index (χ1) is 12.3. The van der Waals surface area contributed by atoms with Crippen LogP contribution in [-0.2, 0) is 0 Å². The molecule has 0 aliphatic heterocycles. The van der Waals surface area contributed by atoms with E-state index in [-0.39, 0.29) is 5.75 Å². The molecule has 0 aliphatic carbocycles. The van der Waals surface area contributed by atoms with Crippen LogP contribution in [0.4, 0.5) is 5.82 Å². The molecule has 0 spiro atoms. The molecule has 6 heteroatoms. The second kappa shape index (κ2) is 6.70. The van der Waals surface area contributed by atoms with E-state index in [4.69, 9.17) is 0 Å². The van der Waals surface area contributed by atoms with Gasteiger partial charge >= 0.3 is 0 Å². The van der Waals surface area contributed by atoms with Gasteiger partial charge in [-0.25, -0.2) is 9.97 Å². The van der Waals surface area contributed by atoms with E-state index in [1.54, 1.807) is 35.8 Å². The van der Waals surface area contributed by atoms with Crippen molar-refractivity contribution in [3.63, 3.8) is 0 Å². The molecular formula is C19H14N4OS. The molecule has 0 radical (unpaired) electrons. The minimum atomic E-state index is 0.206. The normalized spacial score (nSPS) is 11.2. The largest absolute Gasteiger partial charge is 0.508 e. The van der Waals surface area contributed by atoms with Crippen LogP contribution in [0.1, 0.15) is 5.56 Å². The fraction of sp³-hybridized carbons (Fsp3) is 0. The van der Waals surface area contributed by atoms with E-state index in [1.807, 2.05) is 24.3 Å². The zero-order valence-electron chi connectivity index (χ0n) is 13.1. The summed E-state index contributed by atoms with van der Waals surface area (Å²) in [5.41, 5.74) is 5.99. The Labute approximate surface area is 148 Å². The molecule has 0 fully saturated rings. The summed E-state index contributed by atoms with van der Waals surface area (Å²) < 4.78 is 0. The lowest BCUT2D eigenvalue weighted by Gasteiger charge is -2.04. The molecule has 2 heterocycles. The highest BCUT2D eigenvalue weighted by Crippen LogP contribution is 2.36. The highest BCUT2D eigenvalue weighted by atomic mass is 32.1. The standard InChI is InChI=1S/C19H14N4OS/c24-15-8-4-5-13(9-15)10-22-23-18-17-16(14-6-2-1-3-7-14)11-25-19(17)21-12-20-18/h1-12,24H,(H,20,21,23)/b22-10+. The fourth-order valence-corrected chi connectivity index (χ4v) is 3.48. The average Bonchev–Trinajstić information content (AvgIpc) is 3.08. The number of phenolic OH excluding ortho intramolecular Hbond substituents is 1. The third-order valence-corrected chi connectivity index (χ3v) is 4.60. The fourth-order valence-electron chi connectivity index (χ4n) is 2.56. The van der Waals surface area contributed by atoms with Gasteiger partial charge in [-0.15, -0.1) is 11.3 Å². The van der Waals surface area contributed by atoms with Crippen LogP contribution >= 0.6 is 11.3 Å². The third-order valence-electron chi connectivity index (χ3n) is 3.71. The molecule has 0 saturated carbocycles. The van der Waals surface area contributed by atoms with Gasteiger partial charge in [0.05, 0.1) is 11.6 Å². The topological polar surface area (TPSA) is 70.4 Å². The number of anilines is 1. The van der Waals surface area contributed by atoms with Crippen molar-refractivity contribution < 1.29 is 5.11 Å². The van der Waals surface area contributed by atoms with Crippen LogP contribution < -0.4 is 5.43 Å². The van der Waals surface area contributed by atoms with Crippen LogP contribution in [0.3, 0.4) is 0 Å². The minimum Gasteiger partial charge on any atom is -0.508 e. The van der Waals surface area contributed by atoms with E-state index in [0.717, 1.165) is 26.9 Å². The summed E-state index contributed by atoms with van der Waals surface area (Å²) in [4.78, 5) is 9.59. The highest BCUT2D eigenvalue weighted by Gasteiger charge is 2.12. The van der Waals surface area contributed by atoms with E-state index >= 15 is 0 Å². The van der Waals surface area contributed by atoms with E-state index < -0.39 is 0 Å². The summed E-state index contributed by atoms with van der Waals surface area (Å²) in [5.74, 6) is 0.860. The number of hydrazone groups is 1. The maximum absolute atomic E-state index is 9.50. The molecule has 4 rings (SSSR count). The molecule has 0 amide bonds. The van der Waals surface area contributed by atoms with Gasteiger partial charge < -0.3 is 5.11 Å². The van der Waals surface area contributed by atoms with Crippen molar-refractivity contribution in [3.8, 4) is 16.9 Å². The van der Waals surface area contributed by atoms with Gasteiger partial charge in [0.15, 0.2) is 5.82 Å². The lowest BCUT2D eigenvalue weighted by atomic mass is 10.1. The second-order valence-corrected chi connectivity index (χ2v) is 6.24. The number of phenols is 1. The van der Waals surface area contributed by atoms with Gasteiger partial charge in [0.1, 0.15) is 16.9 Å². The van der Waals surface area contributed by atoms with Gasteiger partial charge in [-0.1, -0.05) is 42.5 Å². The lowest BCUT2D eigenvalue weighted by Crippen LogP contribution is -1.95. The molecule has 2 N–H and O–H groups in total. The van der Waals surface area contributed by atoms with Crippen LogP contribution in [0.5, 0.6) is 5.75 Å².